The van der Waals surface area contributed by atoms with E-state index < -0.39 is 0 Å². The largest absolute Gasteiger partial charge is 0.445 e. The van der Waals surface area contributed by atoms with E-state index in [9.17, 15) is 9.90 Å². The fourth-order valence-corrected chi connectivity index (χ4v) is 2.87. The van der Waals surface area contributed by atoms with Gasteiger partial charge in [-0.3, -0.25) is 0 Å². The van der Waals surface area contributed by atoms with Gasteiger partial charge < -0.3 is 20.1 Å². The molecule has 1 saturated carbocycles. The predicted molar refractivity (Wildman–Crippen MR) is 83.3 cm³/mol. The first-order valence-corrected chi connectivity index (χ1v) is 8.09. The molecule has 1 aliphatic heterocycles. The van der Waals surface area contributed by atoms with Crippen LogP contribution < -0.4 is 5.32 Å². The summed E-state index contributed by atoms with van der Waals surface area (Å²) in [5, 5.41) is 12.8. The van der Waals surface area contributed by atoms with Crippen LogP contribution in [0.3, 0.4) is 0 Å². The number of ether oxygens (including phenoxy) is 1. The highest BCUT2D eigenvalue weighted by Crippen LogP contribution is 2.27. The Kier molecular flexibility index (Phi) is 4.95. The summed E-state index contributed by atoms with van der Waals surface area (Å²) < 4.78 is 5.33. The van der Waals surface area contributed by atoms with Crippen LogP contribution in [0.5, 0.6) is 0 Å². The van der Waals surface area contributed by atoms with E-state index in [4.69, 9.17) is 4.74 Å². The van der Waals surface area contributed by atoms with E-state index in [0.29, 0.717) is 24.6 Å². The van der Waals surface area contributed by atoms with Crippen LogP contribution in [0.25, 0.3) is 0 Å². The summed E-state index contributed by atoms with van der Waals surface area (Å²) in [5.41, 5.74) is 1.00. The van der Waals surface area contributed by atoms with E-state index in [-0.39, 0.29) is 12.7 Å². The molecule has 1 saturated heterocycles. The molecule has 1 unspecified atom stereocenters. The van der Waals surface area contributed by atoms with Gasteiger partial charge in [0.15, 0.2) is 0 Å². The number of amides is 1. The first-order chi connectivity index (χ1) is 10.8. The highest BCUT2D eigenvalue weighted by Gasteiger charge is 2.38. The van der Waals surface area contributed by atoms with Crippen molar-refractivity contribution in [1.82, 2.24) is 10.2 Å². The molecule has 1 aromatic carbocycles. The summed E-state index contributed by atoms with van der Waals surface area (Å²) >= 11 is 0. The Balaban J connectivity index is 1.40. The van der Waals surface area contributed by atoms with Gasteiger partial charge >= 0.3 is 6.09 Å². The maximum absolute atomic E-state index is 12.0. The van der Waals surface area contributed by atoms with Gasteiger partial charge in [0.05, 0.1) is 0 Å². The number of likely N-dealkylation sites (tertiary alicyclic amines) is 1. The molecule has 5 heteroatoms. The molecule has 120 valence electrons. The van der Waals surface area contributed by atoms with Crippen molar-refractivity contribution in [2.45, 2.75) is 38.0 Å². The molecule has 2 fully saturated rings. The van der Waals surface area contributed by atoms with Crippen LogP contribution in [0.15, 0.2) is 30.3 Å². The number of aliphatic hydroxyl groups excluding tert-OH is 1. The molecule has 1 aromatic rings. The molecule has 1 heterocycles. The molecule has 0 aromatic heterocycles. The van der Waals surface area contributed by atoms with Crippen LogP contribution in [0.4, 0.5) is 4.79 Å². The van der Waals surface area contributed by atoms with Crippen LogP contribution in [0.1, 0.15) is 24.8 Å². The molecular weight excluding hydrogens is 280 g/mol. The quantitative estimate of drug-likeness (QED) is 0.806. The minimum Gasteiger partial charge on any atom is -0.445 e. The number of hydrogen-bond donors (Lipinski definition) is 2. The fraction of sp³-hybridized carbons (Fsp3) is 0.588. The molecule has 1 atom stereocenters. The second-order valence-electron chi connectivity index (χ2n) is 6.26. The third-order valence-electron chi connectivity index (χ3n) is 4.41. The van der Waals surface area contributed by atoms with Gasteiger partial charge in [-0.05, 0) is 24.8 Å². The Labute approximate surface area is 131 Å². The molecule has 2 N–H and O–H groups in total. The van der Waals surface area contributed by atoms with Crippen molar-refractivity contribution in [3.05, 3.63) is 35.9 Å². The molecule has 0 spiro atoms. The molecule has 2 aliphatic rings. The molecule has 0 bridgehead atoms. The monoisotopic (exact) mass is 304 g/mol. The molecule has 3 rings (SSSR count). The number of benzene rings is 1. The number of nitrogens with zero attached hydrogens (tertiary/aromatic N) is 1. The van der Waals surface area contributed by atoms with Gasteiger partial charge in [0.25, 0.3) is 0 Å². The van der Waals surface area contributed by atoms with E-state index in [0.717, 1.165) is 25.1 Å². The van der Waals surface area contributed by atoms with Gasteiger partial charge in [-0.1, -0.05) is 30.3 Å². The lowest BCUT2D eigenvalue weighted by atomic mass is 9.90. The summed E-state index contributed by atoms with van der Waals surface area (Å²) in [4.78, 5) is 13.7. The van der Waals surface area contributed by atoms with Crippen LogP contribution in [0, 0.1) is 5.92 Å². The summed E-state index contributed by atoms with van der Waals surface area (Å²) in [6, 6.07) is 10.6. The number of nitrogens with one attached hydrogen (secondary N) is 1. The van der Waals surface area contributed by atoms with Gasteiger partial charge in [-0.2, -0.15) is 0 Å². The number of rotatable bonds is 7. The number of carbonyl (C=O) groups excluding carboxylic acids is 1. The Morgan fingerprint density at radius 2 is 2.05 bits per heavy atom. The van der Waals surface area contributed by atoms with Crippen molar-refractivity contribution in [3.63, 3.8) is 0 Å². The van der Waals surface area contributed by atoms with E-state index in [2.05, 4.69) is 5.32 Å². The molecule has 22 heavy (non-hydrogen) atoms. The maximum Gasteiger partial charge on any atom is 0.410 e. The summed E-state index contributed by atoms with van der Waals surface area (Å²) in [7, 11) is 0. The van der Waals surface area contributed by atoms with Crippen molar-refractivity contribution >= 4 is 6.09 Å². The zero-order chi connectivity index (χ0) is 15.4. The number of hydrogen-bond acceptors (Lipinski definition) is 4. The smallest absolute Gasteiger partial charge is 0.410 e. The summed E-state index contributed by atoms with van der Waals surface area (Å²) in [6.45, 7) is 1.95. The first kappa shape index (κ1) is 15.3. The minimum absolute atomic E-state index is 0.194. The minimum atomic E-state index is -0.241. The average Bonchev–Trinajstić information content (AvgIpc) is 3.29. The van der Waals surface area contributed by atoms with E-state index in [1.54, 1.807) is 4.90 Å². The molecule has 0 radical (unpaired) electrons. The topological polar surface area (TPSA) is 61.8 Å². The summed E-state index contributed by atoms with van der Waals surface area (Å²) in [6.07, 6.45) is 2.98. The van der Waals surface area contributed by atoms with Crippen molar-refractivity contribution in [2.75, 3.05) is 19.7 Å². The lowest BCUT2D eigenvalue weighted by molar-refractivity contribution is 0.0339. The highest BCUT2D eigenvalue weighted by molar-refractivity contribution is 5.68. The zero-order valence-electron chi connectivity index (χ0n) is 12.8. The second-order valence-corrected chi connectivity index (χ2v) is 6.26. The van der Waals surface area contributed by atoms with E-state index in [1.807, 2.05) is 30.3 Å². The summed E-state index contributed by atoms with van der Waals surface area (Å²) in [5.74, 6) is 0.428. The number of aliphatic hydroxyl groups is 1. The normalized spacial score (nSPS) is 19.6. The van der Waals surface area contributed by atoms with Gasteiger partial charge in [-0.15, -0.1) is 0 Å². The van der Waals surface area contributed by atoms with Crippen LogP contribution in [0.2, 0.25) is 0 Å². The Morgan fingerprint density at radius 3 is 2.68 bits per heavy atom. The Morgan fingerprint density at radius 1 is 1.32 bits per heavy atom. The molecule has 1 amide bonds. The molecule has 5 nitrogen and oxygen atoms in total. The number of carbonyl (C=O) groups is 1. The Bertz CT molecular complexity index is 484. The van der Waals surface area contributed by atoms with Crippen molar-refractivity contribution in [3.8, 4) is 0 Å². The van der Waals surface area contributed by atoms with E-state index in [1.165, 1.54) is 12.8 Å². The average molecular weight is 304 g/mol. The standard InChI is InChI=1S/C17H24N2O3/c20-9-8-16(18-15-6-7-15)14-10-19(11-14)17(21)22-12-13-4-2-1-3-5-13/h1-5,14-16,18,20H,6-12H2. The zero-order valence-corrected chi connectivity index (χ0v) is 12.8. The lowest BCUT2D eigenvalue weighted by Crippen LogP contribution is -2.58. The van der Waals surface area contributed by atoms with Gasteiger partial charge in [0.2, 0.25) is 0 Å². The second kappa shape index (κ2) is 7.11. The SMILES string of the molecule is O=C(OCc1ccccc1)N1CC(C(CCO)NC2CC2)C1. The third-order valence-corrected chi connectivity index (χ3v) is 4.41. The van der Waals surface area contributed by atoms with Crippen LogP contribution in [-0.2, 0) is 11.3 Å². The van der Waals surface area contributed by atoms with Gasteiger partial charge in [0, 0.05) is 37.7 Å². The van der Waals surface area contributed by atoms with Crippen LogP contribution >= 0.6 is 0 Å². The van der Waals surface area contributed by atoms with Gasteiger partial charge in [-0.25, -0.2) is 4.79 Å². The van der Waals surface area contributed by atoms with Crippen LogP contribution in [-0.4, -0.2) is 47.9 Å². The van der Waals surface area contributed by atoms with E-state index >= 15 is 0 Å². The van der Waals surface area contributed by atoms with Crippen molar-refractivity contribution < 1.29 is 14.6 Å². The predicted octanol–water partition coefficient (Wildman–Crippen LogP) is 1.76. The van der Waals surface area contributed by atoms with Gasteiger partial charge in [0.1, 0.15) is 6.61 Å². The fourth-order valence-electron chi connectivity index (χ4n) is 2.87. The first-order valence-electron chi connectivity index (χ1n) is 8.09. The lowest BCUT2D eigenvalue weighted by Gasteiger charge is -2.43. The van der Waals surface area contributed by atoms with Crippen molar-refractivity contribution in [2.24, 2.45) is 5.92 Å². The highest BCUT2D eigenvalue weighted by atomic mass is 16.6. The molecular formula is C17H24N2O3. The third kappa shape index (κ3) is 3.99. The molecule has 1 aliphatic carbocycles. The Hall–Kier alpha value is -1.59. The van der Waals surface area contributed by atoms with Crippen molar-refractivity contribution in [1.29, 1.82) is 0 Å². The maximum atomic E-state index is 12.0.